The predicted molar refractivity (Wildman–Crippen MR) is 73.1 cm³/mol. The molecule has 1 aromatic carbocycles. The van der Waals surface area contributed by atoms with E-state index < -0.39 is 5.60 Å². The fraction of sp³-hybridized carbons (Fsp3) is 0.462. The molecule has 2 aromatic rings. The third-order valence-corrected chi connectivity index (χ3v) is 4.56. The summed E-state index contributed by atoms with van der Waals surface area (Å²) in [5.74, 6) is 0. The van der Waals surface area contributed by atoms with Gasteiger partial charge in [-0.15, -0.1) is 0 Å². The van der Waals surface area contributed by atoms with Crippen molar-refractivity contribution >= 4 is 34.1 Å². The lowest BCUT2D eigenvalue weighted by Crippen LogP contribution is -2.29. The minimum Gasteiger partial charge on any atom is -0.385 e. The van der Waals surface area contributed by atoms with Crippen molar-refractivity contribution in [1.29, 1.82) is 0 Å². The van der Waals surface area contributed by atoms with Gasteiger partial charge in [-0.3, -0.25) is 5.10 Å². The van der Waals surface area contributed by atoms with Gasteiger partial charge in [-0.25, -0.2) is 0 Å². The normalized spacial score (nSPS) is 19.3. The van der Waals surface area contributed by atoms with Crippen molar-refractivity contribution in [1.82, 2.24) is 10.2 Å². The Hall–Kier alpha value is -0.770. The van der Waals surface area contributed by atoms with Gasteiger partial charge in [0.25, 0.3) is 0 Å². The Balaban J connectivity index is 2.26. The standard InChI is InChI=1S/C13H14Cl2N2O/c14-9-6-8-7-16-17-12(8)10(11(9)15)13(18)4-2-1-3-5-13/h6-7,18H,1-5H2,(H,16,17). The number of aliphatic hydroxyl groups is 1. The van der Waals surface area contributed by atoms with Crippen molar-refractivity contribution in [3.05, 3.63) is 27.9 Å². The number of benzene rings is 1. The number of fused-ring (bicyclic) bond motifs is 1. The van der Waals surface area contributed by atoms with Crippen molar-refractivity contribution in [2.75, 3.05) is 0 Å². The summed E-state index contributed by atoms with van der Waals surface area (Å²) in [5.41, 5.74) is 0.628. The summed E-state index contributed by atoms with van der Waals surface area (Å²) >= 11 is 12.5. The number of aromatic amines is 1. The van der Waals surface area contributed by atoms with Crippen molar-refractivity contribution in [3.8, 4) is 0 Å². The van der Waals surface area contributed by atoms with Gasteiger partial charge < -0.3 is 5.11 Å². The number of nitrogens with one attached hydrogen (secondary N) is 1. The molecule has 3 nitrogen and oxygen atoms in total. The van der Waals surface area contributed by atoms with Crippen LogP contribution in [0.25, 0.3) is 10.9 Å². The monoisotopic (exact) mass is 284 g/mol. The molecule has 0 amide bonds. The van der Waals surface area contributed by atoms with E-state index in [4.69, 9.17) is 23.2 Å². The molecular formula is C13H14Cl2N2O. The van der Waals surface area contributed by atoms with Crippen LogP contribution in [0.3, 0.4) is 0 Å². The SMILES string of the molecule is OC1(c2c(Cl)c(Cl)cc3cn[nH]c23)CCCCC1. The number of aromatic nitrogens is 2. The number of H-pyrrole nitrogens is 1. The predicted octanol–water partition coefficient (Wildman–Crippen LogP) is 4.02. The summed E-state index contributed by atoms with van der Waals surface area (Å²) in [4.78, 5) is 0. The lowest BCUT2D eigenvalue weighted by molar-refractivity contribution is 0.000698. The number of nitrogens with zero attached hydrogens (tertiary/aromatic N) is 1. The van der Waals surface area contributed by atoms with Crippen LogP contribution in [-0.4, -0.2) is 15.3 Å². The molecule has 0 unspecified atom stereocenters. The third kappa shape index (κ3) is 1.81. The van der Waals surface area contributed by atoms with Gasteiger partial charge in [0, 0.05) is 10.9 Å². The fourth-order valence-electron chi connectivity index (χ4n) is 2.86. The van der Waals surface area contributed by atoms with Gasteiger partial charge in [0.2, 0.25) is 0 Å². The highest BCUT2D eigenvalue weighted by molar-refractivity contribution is 6.43. The zero-order valence-corrected chi connectivity index (χ0v) is 11.4. The molecule has 1 aliphatic rings. The Morgan fingerprint density at radius 1 is 1.22 bits per heavy atom. The van der Waals surface area contributed by atoms with E-state index in [0.717, 1.165) is 43.0 Å². The summed E-state index contributed by atoms with van der Waals surface area (Å²) in [6, 6.07) is 1.78. The first kappa shape index (κ1) is 12.3. The number of rotatable bonds is 1. The third-order valence-electron chi connectivity index (χ3n) is 3.78. The Labute approximate surface area is 115 Å². The van der Waals surface area contributed by atoms with Crippen LogP contribution >= 0.6 is 23.2 Å². The highest BCUT2D eigenvalue weighted by atomic mass is 35.5. The van der Waals surface area contributed by atoms with Gasteiger partial charge in [-0.05, 0) is 18.9 Å². The van der Waals surface area contributed by atoms with Crippen molar-refractivity contribution < 1.29 is 5.11 Å². The summed E-state index contributed by atoms with van der Waals surface area (Å²) in [6.07, 6.45) is 6.33. The molecular weight excluding hydrogens is 271 g/mol. The lowest BCUT2D eigenvalue weighted by atomic mass is 9.79. The molecule has 0 spiro atoms. The van der Waals surface area contributed by atoms with Crippen LogP contribution in [0.5, 0.6) is 0 Å². The smallest absolute Gasteiger partial charge is 0.0932 e. The van der Waals surface area contributed by atoms with E-state index >= 15 is 0 Å². The summed E-state index contributed by atoms with van der Waals surface area (Å²) < 4.78 is 0. The minimum atomic E-state index is -0.884. The molecule has 0 aliphatic heterocycles. The first-order valence-electron chi connectivity index (χ1n) is 6.16. The van der Waals surface area contributed by atoms with E-state index in [1.54, 1.807) is 12.3 Å². The second kappa shape index (κ2) is 4.41. The number of halogens is 2. The molecule has 3 rings (SSSR count). The maximum absolute atomic E-state index is 10.9. The van der Waals surface area contributed by atoms with Gasteiger partial charge in [0.15, 0.2) is 0 Å². The van der Waals surface area contributed by atoms with Gasteiger partial charge in [-0.1, -0.05) is 42.5 Å². The average molecular weight is 285 g/mol. The minimum absolute atomic E-state index is 0.442. The van der Waals surface area contributed by atoms with Gasteiger partial charge >= 0.3 is 0 Å². The zero-order chi connectivity index (χ0) is 12.8. The fourth-order valence-corrected chi connectivity index (χ4v) is 3.39. The Kier molecular flexibility index (Phi) is 3.00. The van der Waals surface area contributed by atoms with Crippen LogP contribution in [0.1, 0.15) is 37.7 Å². The number of hydrogen-bond donors (Lipinski definition) is 2. The van der Waals surface area contributed by atoms with Crippen molar-refractivity contribution in [2.45, 2.75) is 37.7 Å². The lowest BCUT2D eigenvalue weighted by Gasteiger charge is -2.33. The molecule has 1 saturated carbocycles. The molecule has 96 valence electrons. The molecule has 0 saturated heterocycles. The second-order valence-corrected chi connectivity index (χ2v) is 5.76. The summed E-state index contributed by atoms with van der Waals surface area (Å²) in [6.45, 7) is 0. The van der Waals surface area contributed by atoms with Gasteiger partial charge in [0.05, 0.1) is 27.4 Å². The molecule has 1 fully saturated rings. The zero-order valence-electron chi connectivity index (χ0n) is 9.84. The molecule has 1 aromatic heterocycles. The van der Waals surface area contributed by atoms with E-state index in [1.165, 1.54) is 0 Å². The molecule has 2 N–H and O–H groups in total. The molecule has 0 radical (unpaired) electrons. The highest BCUT2D eigenvalue weighted by Crippen LogP contribution is 2.45. The second-order valence-electron chi connectivity index (χ2n) is 4.97. The van der Waals surface area contributed by atoms with Gasteiger partial charge in [-0.2, -0.15) is 5.10 Å². The maximum Gasteiger partial charge on any atom is 0.0932 e. The van der Waals surface area contributed by atoms with E-state index in [1.807, 2.05) is 0 Å². The van der Waals surface area contributed by atoms with Crippen LogP contribution in [0.2, 0.25) is 10.0 Å². The molecule has 18 heavy (non-hydrogen) atoms. The largest absolute Gasteiger partial charge is 0.385 e. The Morgan fingerprint density at radius 3 is 2.67 bits per heavy atom. The van der Waals surface area contributed by atoms with Crippen molar-refractivity contribution in [2.24, 2.45) is 0 Å². The molecule has 0 atom stereocenters. The molecule has 1 heterocycles. The topological polar surface area (TPSA) is 48.9 Å². The average Bonchev–Trinajstić information content (AvgIpc) is 2.78. The molecule has 0 bridgehead atoms. The number of hydrogen-bond acceptors (Lipinski definition) is 2. The molecule has 5 heteroatoms. The highest BCUT2D eigenvalue weighted by Gasteiger charge is 2.36. The van der Waals surface area contributed by atoms with E-state index in [9.17, 15) is 5.11 Å². The van der Waals surface area contributed by atoms with Crippen LogP contribution in [0, 0.1) is 0 Å². The van der Waals surface area contributed by atoms with Crippen LogP contribution < -0.4 is 0 Å². The van der Waals surface area contributed by atoms with Crippen LogP contribution in [0.15, 0.2) is 12.3 Å². The quantitative estimate of drug-likeness (QED) is 0.831. The van der Waals surface area contributed by atoms with Gasteiger partial charge in [0.1, 0.15) is 0 Å². The van der Waals surface area contributed by atoms with E-state index in [-0.39, 0.29) is 0 Å². The first-order valence-corrected chi connectivity index (χ1v) is 6.91. The molecule has 1 aliphatic carbocycles. The van der Waals surface area contributed by atoms with Crippen molar-refractivity contribution in [3.63, 3.8) is 0 Å². The van der Waals surface area contributed by atoms with Crippen LogP contribution in [-0.2, 0) is 5.60 Å². The van der Waals surface area contributed by atoms with Crippen LogP contribution in [0.4, 0.5) is 0 Å². The first-order chi connectivity index (χ1) is 8.62. The van der Waals surface area contributed by atoms with E-state index in [2.05, 4.69) is 10.2 Å². The summed E-state index contributed by atoms with van der Waals surface area (Å²) in [7, 11) is 0. The summed E-state index contributed by atoms with van der Waals surface area (Å²) in [5, 5.41) is 19.6. The van der Waals surface area contributed by atoms with E-state index in [0.29, 0.717) is 15.6 Å². The Bertz CT molecular complexity index is 588. The Morgan fingerprint density at radius 2 is 1.94 bits per heavy atom. The maximum atomic E-state index is 10.9.